The lowest BCUT2D eigenvalue weighted by molar-refractivity contribution is -0.221. The number of carbonyl (C=O) groups is 3. The third-order valence-electron chi connectivity index (χ3n) is 19.0. The van der Waals surface area contributed by atoms with Gasteiger partial charge in [-0.1, -0.05) is 58.9 Å². The molecular weight excluding hydrogens is 720 g/mol. The molecule has 0 aromatic carbocycles. The molecule has 0 spiro atoms. The maximum absolute atomic E-state index is 14.0. The topological polar surface area (TPSA) is 116 Å². The number of hydrogen-bond acceptors (Lipinski definition) is 6. The molecule has 0 unspecified atom stereocenters. The Hall–Kier alpha value is -2.52. The van der Waals surface area contributed by atoms with Crippen LogP contribution in [0.5, 0.6) is 0 Å². The summed E-state index contributed by atoms with van der Waals surface area (Å²) < 4.78 is 19.2. The summed E-state index contributed by atoms with van der Waals surface area (Å²) in [7, 11) is 0. The second-order valence-corrected chi connectivity index (χ2v) is 21.4. The fraction of sp³-hybridized carbons (Fsp3) is 0.812. The van der Waals surface area contributed by atoms with E-state index in [1.54, 1.807) is 6.92 Å². The molecule has 1 saturated heterocycles. The lowest BCUT2D eigenvalue weighted by atomic mass is 9.33. The first-order chi connectivity index (χ1) is 26.8. The quantitative estimate of drug-likeness (QED) is 0.108. The number of esters is 1. The van der Waals surface area contributed by atoms with Crippen LogP contribution in [0.1, 0.15) is 138 Å². The SMILES string of the molecule is C=C(C)[C@@H]1CC[C@]2(NCCN3CCC(C(=O)O)(C(=O)OCC)CC3)CC[C@]3(C)[C@H](CC[C@@H]4[C@@]5(C)CC=C(C6=CC[C@@](CF)(C(=O)O)CC6)C(C)(C)[C@@H]5CC[C@]43C)[C@@H]12. The summed E-state index contributed by atoms with van der Waals surface area (Å²) in [4.78, 5) is 39.3. The van der Waals surface area contributed by atoms with Gasteiger partial charge in [0.1, 0.15) is 6.67 Å². The van der Waals surface area contributed by atoms with Crippen LogP contribution in [0.2, 0.25) is 0 Å². The highest BCUT2D eigenvalue weighted by Crippen LogP contribution is 2.76. The number of likely N-dealkylation sites (tertiary alicyclic amines) is 1. The van der Waals surface area contributed by atoms with Gasteiger partial charge in [0.05, 0.1) is 12.0 Å². The molecule has 7 aliphatic rings. The van der Waals surface area contributed by atoms with Gasteiger partial charge in [0.2, 0.25) is 0 Å². The van der Waals surface area contributed by atoms with Gasteiger partial charge in [0.25, 0.3) is 0 Å². The molecule has 10 atom stereocenters. The zero-order chi connectivity index (χ0) is 41.4. The van der Waals surface area contributed by atoms with Crippen LogP contribution in [-0.4, -0.2) is 78.0 Å². The van der Waals surface area contributed by atoms with Crippen LogP contribution in [0.15, 0.2) is 35.5 Å². The molecule has 1 heterocycles. The van der Waals surface area contributed by atoms with Crippen molar-refractivity contribution >= 4 is 17.9 Å². The number of carbonyl (C=O) groups excluding carboxylic acids is 1. The van der Waals surface area contributed by atoms with Gasteiger partial charge in [0.15, 0.2) is 5.41 Å². The van der Waals surface area contributed by atoms with E-state index in [4.69, 9.17) is 4.74 Å². The summed E-state index contributed by atoms with van der Waals surface area (Å²) in [6, 6.07) is 0. The summed E-state index contributed by atoms with van der Waals surface area (Å²) >= 11 is 0. The number of piperidine rings is 1. The van der Waals surface area contributed by atoms with Crippen molar-refractivity contribution in [3.05, 3.63) is 35.5 Å². The van der Waals surface area contributed by atoms with Gasteiger partial charge in [-0.25, -0.2) is 4.39 Å². The van der Waals surface area contributed by atoms with Gasteiger partial charge in [-0.05, 0) is 179 Å². The first-order valence-electron chi connectivity index (χ1n) is 22.5. The van der Waals surface area contributed by atoms with Crippen LogP contribution in [0.4, 0.5) is 4.39 Å². The number of ether oxygens (including phenoxy) is 1. The molecule has 0 aromatic heterocycles. The van der Waals surface area contributed by atoms with Crippen LogP contribution >= 0.6 is 0 Å². The Balaban J connectivity index is 1.08. The molecule has 3 N–H and O–H groups in total. The number of aliphatic carboxylic acids is 2. The van der Waals surface area contributed by atoms with E-state index in [1.165, 1.54) is 68.1 Å². The van der Waals surface area contributed by atoms with Gasteiger partial charge < -0.3 is 25.2 Å². The minimum atomic E-state index is -1.43. The normalized spacial score (nSPS) is 42.3. The Morgan fingerprint density at radius 3 is 2.19 bits per heavy atom. The van der Waals surface area contributed by atoms with Crippen molar-refractivity contribution in [2.75, 3.05) is 39.5 Å². The lowest BCUT2D eigenvalue weighted by Gasteiger charge is -2.72. The number of allylic oxidation sites excluding steroid dienone is 5. The number of carboxylic acid groups (broad SMARTS) is 2. The van der Waals surface area contributed by atoms with Crippen molar-refractivity contribution in [3.63, 3.8) is 0 Å². The van der Waals surface area contributed by atoms with Crippen molar-refractivity contribution < 1.29 is 33.7 Å². The van der Waals surface area contributed by atoms with E-state index >= 15 is 0 Å². The summed E-state index contributed by atoms with van der Waals surface area (Å²) in [5, 5.41) is 24.1. The molecule has 6 aliphatic carbocycles. The molecule has 7 rings (SSSR count). The number of nitrogens with zero attached hydrogens (tertiary/aromatic N) is 1. The summed E-state index contributed by atoms with van der Waals surface area (Å²) in [6.07, 6.45) is 17.1. The number of fused-ring (bicyclic) bond motifs is 7. The Morgan fingerprint density at radius 2 is 1.60 bits per heavy atom. The first kappa shape index (κ1) is 42.6. The van der Waals surface area contributed by atoms with E-state index in [2.05, 4.69) is 70.5 Å². The second kappa shape index (κ2) is 14.9. The van der Waals surface area contributed by atoms with Gasteiger partial charge in [0, 0.05) is 18.6 Å². The van der Waals surface area contributed by atoms with Gasteiger partial charge in [-0.2, -0.15) is 0 Å². The smallest absolute Gasteiger partial charge is 0.323 e. The fourth-order valence-electron chi connectivity index (χ4n) is 15.5. The maximum atomic E-state index is 14.0. The van der Waals surface area contributed by atoms with Crippen LogP contribution in [0.25, 0.3) is 0 Å². The third-order valence-corrected chi connectivity index (χ3v) is 19.0. The molecule has 0 aromatic rings. The van der Waals surface area contributed by atoms with E-state index in [1.807, 2.05) is 0 Å². The predicted octanol–water partition coefficient (Wildman–Crippen LogP) is 9.40. The molecule has 4 saturated carbocycles. The maximum Gasteiger partial charge on any atom is 0.323 e. The van der Waals surface area contributed by atoms with E-state index in [9.17, 15) is 29.0 Å². The highest BCUT2D eigenvalue weighted by Gasteiger charge is 2.70. The molecule has 8 nitrogen and oxygen atoms in total. The van der Waals surface area contributed by atoms with Crippen LogP contribution < -0.4 is 5.32 Å². The molecule has 0 bridgehead atoms. The van der Waals surface area contributed by atoms with Crippen LogP contribution in [0.3, 0.4) is 0 Å². The number of nitrogens with one attached hydrogen (secondary N) is 1. The second-order valence-electron chi connectivity index (χ2n) is 21.4. The summed E-state index contributed by atoms with van der Waals surface area (Å²) in [5.74, 6) is 0.131. The first-order valence-corrected chi connectivity index (χ1v) is 22.5. The van der Waals surface area contributed by atoms with Crippen molar-refractivity contribution in [1.82, 2.24) is 10.2 Å². The number of hydrogen-bond donors (Lipinski definition) is 3. The van der Waals surface area contributed by atoms with Crippen molar-refractivity contribution in [2.24, 2.45) is 62.1 Å². The highest BCUT2D eigenvalue weighted by molar-refractivity contribution is 5.99. The zero-order valence-electron chi connectivity index (χ0n) is 36.2. The molecule has 5 fully saturated rings. The van der Waals surface area contributed by atoms with Gasteiger partial charge in [-0.15, -0.1) is 0 Å². The van der Waals surface area contributed by atoms with Crippen LogP contribution in [-0.2, 0) is 19.1 Å². The van der Waals surface area contributed by atoms with Gasteiger partial charge >= 0.3 is 17.9 Å². The predicted molar refractivity (Wildman–Crippen MR) is 221 cm³/mol. The van der Waals surface area contributed by atoms with Crippen molar-refractivity contribution in [3.8, 4) is 0 Å². The number of carboxylic acids is 2. The molecule has 0 amide bonds. The molecule has 1 aliphatic heterocycles. The fourth-order valence-corrected chi connectivity index (χ4v) is 15.5. The number of alkyl halides is 1. The summed E-state index contributed by atoms with van der Waals surface area (Å²) in [6.45, 7) is 23.7. The average molecular weight is 793 g/mol. The molecule has 9 heteroatoms. The van der Waals surface area contributed by atoms with Gasteiger partial charge in [-0.3, -0.25) is 14.4 Å². The van der Waals surface area contributed by atoms with Crippen molar-refractivity contribution in [2.45, 2.75) is 144 Å². The lowest BCUT2D eigenvalue weighted by Crippen LogP contribution is -2.68. The monoisotopic (exact) mass is 793 g/mol. The Kier molecular flexibility index (Phi) is 11.1. The molecule has 0 radical (unpaired) electrons. The molecule has 318 valence electrons. The molecular formula is C48H73FN2O6. The number of rotatable bonds is 11. The van der Waals surface area contributed by atoms with E-state index in [0.717, 1.165) is 19.5 Å². The minimum Gasteiger partial charge on any atom is -0.481 e. The zero-order valence-corrected chi connectivity index (χ0v) is 36.2. The standard InChI is InChI=1S/C48H73FN2O6/c1-9-57-41(56)47(40(54)55)24-27-51(28-25-47)29-26-50-48-21-14-33(31(2)3)38(48)35-10-11-37-43(6)17-15-34(32-12-19-46(30-49,20-13-32)39(52)53)42(4,5)36(43)16-18-45(37,8)44(35,7)22-23-48/h12,15,33,35-38,50H,2,9-11,13-14,16-30H2,1,3-8H3,(H,52,53)(H,54,55)/t33-,35+,36-,37+,38+,43-,44+,45+,46+,48-/m0/s1. The van der Waals surface area contributed by atoms with E-state index < -0.39 is 35.4 Å². The average Bonchev–Trinajstić information content (AvgIpc) is 3.55. The van der Waals surface area contributed by atoms with E-state index in [-0.39, 0.29) is 53.1 Å². The minimum absolute atomic E-state index is 0.0404. The van der Waals surface area contributed by atoms with Crippen LogP contribution in [0, 0.1) is 62.1 Å². The van der Waals surface area contributed by atoms with E-state index in [0.29, 0.717) is 55.5 Å². The third kappa shape index (κ3) is 6.34. The Labute approximate surface area is 341 Å². The van der Waals surface area contributed by atoms with Crippen molar-refractivity contribution in [1.29, 1.82) is 0 Å². The number of halogens is 1. The Morgan fingerprint density at radius 1 is 0.877 bits per heavy atom. The highest BCUT2D eigenvalue weighted by atomic mass is 19.1. The molecule has 57 heavy (non-hydrogen) atoms. The largest absolute Gasteiger partial charge is 0.481 e. The Bertz CT molecular complexity index is 1700. The summed E-state index contributed by atoms with van der Waals surface area (Å²) in [5.41, 5.74) is 1.89.